The van der Waals surface area contributed by atoms with E-state index in [4.69, 9.17) is 5.11 Å². The van der Waals surface area contributed by atoms with Crippen molar-refractivity contribution >= 4 is 5.97 Å². The van der Waals surface area contributed by atoms with Gasteiger partial charge < -0.3 is 10.1 Å². The number of aromatic nitrogens is 5. The van der Waals surface area contributed by atoms with E-state index in [-0.39, 0.29) is 11.4 Å². The predicted molar refractivity (Wildman–Crippen MR) is 66.4 cm³/mol. The molecule has 94 valence electrons. The second kappa shape index (κ2) is 4.37. The van der Waals surface area contributed by atoms with Crippen molar-refractivity contribution in [1.29, 1.82) is 0 Å². The number of aromatic carboxylic acids is 1. The Hall–Kier alpha value is -2.96. The van der Waals surface area contributed by atoms with Crippen LogP contribution in [0.1, 0.15) is 10.5 Å². The van der Waals surface area contributed by atoms with Crippen LogP contribution in [0.5, 0.6) is 0 Å². The topological polar surface area (TPSA) is 108 Å². The Morgan fingerprint density at radius 3 is 2.74 bits per heavy atom. The summed E-state index contributed by atoms with van der Waals surface area (Å²) >= 11 is 0. The number of hydrogen-bond acceptors (Lipinski definition) is 4. The summed E-state index contributed by atoms with van der Waals surface area (Å²) in [7, 11) is 0. The summed E-state index contributed by atoms with van der Waals surface area (Å²) in [5.74, 6) is -0.280. The van der Waals surface area contributed by atoms with Crippen LogP contribution in [0.3, 0.4) is 0 Å². The number of carbonyl (C=O) groups is 1. The van der Waals surface area contributed by atoms with Crippen molar-refractivity contribution in [2.45, 2.75) is 0 Å². The summed E-state index contributed by atoms with van der Waals surface area (Å²) in [5, 5.41) is 15.8. The SMILES string of the molecule is O=C(O)c1[nH]cnc1-c1nc(-c2ccccc2)n[nH]1. The molecule has 1 aromatic carbocycles. The number of hydrogen-bond donors (Lipinski definition) is 3. The fourth-order valence-corrected chi connectivity index (χ4v) is 1.72. The first-order valence-corrected chi connectivity index (χ1v) is 5.50. The maximum atomic E-state index is 11.0. The Kier molecular flexibility index (Phi) is 2.57. The standard InChI is InChI=1S/C12H9N5O2/c18-12(19)9-8(13-6-14-9)11-15-10(16-17-11)7-4-2-1-3-5-7/h1-6H,(H,13,14)(H,18,19)(H,15,16,17). The van der Waals surface area contributed by atoms with Gasteiger partial charge in [-0.05, 0) is 0 Å². The number of carboxylic acids is 1. The van der Waals surface area contributed by atoms with Gasteiger partial charge in [-0.1, -0.05) is 30.3 Å². The molecule has 19 heavy (non-hydrogen) atoms. The van der Waals surface area contributed by atoms with Crippen molar-refractivity contribution in [3.8, 4) is 22.9 Å². The number of benzene rings is 1. The molecular weight excluding hydrogens is 246 g/mol. The first-order valence-electron chi connectivity index (χ1n) is 5.50. The lowest BCUT2D eigenvalue weighted by Crippen LogP contribution is -1.99. The van der Waals surface area contributed by atoms with Gasteiger partial charge in [0.25, 0.3) is 0 Å². The molecule has 0 atom stereocenters. The minimum absolute atomic E-state index is 0.0178. The van der Waals surface area contributed by atoms with Crippen LogP contribution in [0.15, 0.2) is 36.7 Å². The molecule has 2 heterocycles. The van der Waals surface area contributed by atoms with Crippen LogP contribution in [0.25, 0.3) is 22.9 Å². The third-order valence-electron chi connectivity index (χ3n) is 2.59. The van der Waals surface area contributed by atoms with Gasteiger partial charge in [-0.15, -0.1) is 0 Å². The van der Waals surface area contributed by atoms with Gasteiger partial charge in [-0.3, -0.25) is 5.10 Å². The number of carboxylic acid groups (broad SMARTS) is 1. The van der Waals surface area contributed by atoms with Gasteiger partial charge in [0.15, 0.2) is 17.3 Å². The first kappa shape index (κ1) is 11.1. The number of imidazole rings is 1. The highest BCUT2D eigenvalue weighted by molar-refractivity contribution is 5.91. The van der Waals surface area contributed by atoms with E-state index in [1.54, 1.807) is 0 Å². The Bertz CT molecular complexity index is 717. The summed E-state index contributed by atoms with van der Waals surface area (Å²) in [4.78, 5) is 21.8. The molecule has 0 aliphatic rings. The van der Waals surface area contributed by atoms with Crippen LogP contribution >= 0.6 is 0 Å². The number of rotatable bonds is 3. The van der Waals surface area contributed by atoms with Crippen molar-refractivity contribution in [1.82, 2.24) is 25.1 Å². The molecule has 0 fully saturated rings. The molecule has 0 saturated carbocycles. The van der Waals surface area contributed by atoms with E-state index >= 15 is 0 Å². The zero-order valence-electron chi connectivity index (χ0n) is 9.66. The summed E-state index contributed by atoms with van der Waals surface area (Å²) in [6, 6.07) is 9.39. The van der Waals surface area contributed by atoms with E-state index in [2.05, 4.69) is 25.1 Å². The van der Waals surface area contributed by atoms with Crippen molar-refractivity contribution in [2.75, 3.05) is 0 Å². The predicted octanol–water partition coefficient (Wildman–Crippen LogP) is 1.56. The maximum Gasteiger partial charge on any atom is 0.354 e. The van der Waals surface area contributed by atoms with Gasteiger partial charge in [0, 0.05) is 5.56 Å². The molecule has 0 spiro atoms. The molecule has 0 radical (unpaired) electrons. The Balaban J connectivity index is 2.02. The quantitative estimate of drug-likeness (QED) is 0.658. The monoisotopic (exact) mass is 255 g/mol. The molecule has 3 N–H and O–H groups in total. The fraction of sp³-hybridized carbons (Fsp3) is 0. The van der Waals surface area contributed by atoms with Crippen LogP contribution in [-0.4, -0.2) is 36.2 Å². The molecule has 0 unspecified atom stereocenters. The van der Waals surface area contributed by atoms with E-state index < -0.39 is 5.97 Å². The van der Waals surface area contributed by atoms with Crippen molar-refractivity contribution in [2.24, 2.45) is 0 Å². The van der Waals surface area contributed by atoms with Crippen LogP contribution < -0.4 is 0 Å². The number of nitrogens with one attached hydrogen (secondary N) is 2. The van der Waals surface area contributed by atoms with Gasteiger partial charge in [-0.25, -0.2) is 14.8 Å². The summed E-state index contributed by atoms with van der Waals surface area (Å²) in [6.07, 6.45) is 1.31. The Morgan fingerprint density at radius 1 is 1.21 bits per heavy atom. The van der Waals surface area contributed by atoms with Crippen molar-refractivity contribution < 1.29 is 9.90 Å². The van der Waals surface area contributed by atoms with Crippen LogP contribution in [0, 0.1) is 0 Å². The largest absolute Gasteiger partial charge is 0.477 e. The van der Waals surface area contributed by atoms with E-state index in [0.29, 0.717) is 11.6 Å². The van der Waals surface area contributed by atoms with Crippen molar-refractivity contribution in [3.05, 3.63) is 42.4 Å². The molecule has 0 aliphatic carbocycles. The molecule has 2 aromatic heterocycles. The molecule has 0 bridgehead atoms. The molecular formula is C12H9N5O2. The number of nitrogens with zero attached hydrogens (tertiary/aromatic N) is 3. The second-order valence-electron chi connectivity index (χ2n) is 3.80. The molecule has 7 heteroatoms. The third kappa shape index (κ3) is 1.97. The Morgan fingerprint density at radius 2 is 2.00 bits per heavy atom. The average molecular weight is 255 g/mol. The lowest BCUT2D eigenvalue weighted by atomic mass is 10.2. The summed E-state index contributed by atoms with van der Waals surface area (Å²) in [5.41, 5.74) is 1.07. The lowest BCUT2D eigenvalue weighted by Gasteiger charge is -1.93. The first-order chi connectivity index (χ1) is 9.25. The smallest absolute Gasteiger partial charge is 0.354 e. The second-order valence-corrected chi connectivity index (χ2v) is 3.80. The molecule has 0 saturated heterocycles. The van der Waals surface area contributed by atoms with Gasteiger partial charge in [0.05, 0.1) is 6.33 Å². The van der Waals surface area contributed by atoms with Crippen LogP contribution in [0.4, 0.5) is 0 Å². The van der Waals surface area contributed by atoms with Gasteiger partial charge in [0.1, 0.15) is 5.69 Å². The highest BCUT2D eigenvalue weighted by Gasteiger charge is 2.18. The number of H-pyrrole nitrogens is 2. The van der Waals surface area contributed by atoms with E-state index in [1.165, 1.54) is 6.33 Å². The van der Waals surface area contributed by atoms with Crippen LogP contribution in [0.2, 0.25) is 0 Å². The van der Waals surface area contributed by atoms with Gasteiger partial charge in [0.2, 0.25) is 0 Å². The highest BCUT2D eigenvalue weighted by Crippen LogP contribution is 2.20. The van der Waals surface area contributed by atoms with E-state index in [0.717, 1.165) is 5.56 Å². The molecule has 3 aromatic rings. The third-order valence-corrected chi connectivity index (χ3v) is 2.59. The average Bonchev–Trinajstić information content (AvgIpc) is 3.08. The van der Waals surface area contributed by atoms with Crippen LogP contribution in [-0.2, 0) is 0 Å². The minimum Gasteiger partial charge on any atom is -0.477 e. The summed E-state index contributed by atoms with van der Waals surface area (Å²) in [6.45, 7) is 0. The van der Waals surface area contributed by atoms with Crippen molar-refractivity contribution in [3.63, 3.8) is 0 Å². The summed E-state index contributed by atoms with van der Waals surface area (Å²) < 4.78 is 0. The number of aromatic amines is 2. The molecule has 3 rings (SSSR count). The molecule has 0 amide bonds. The molecule has 0 aliphatic heterocycles. The lowest BCUT2D eigenvalue weighted by molar-refractivity contribution is 0.0692. The zero-order chi connectivity index (χ0) is 13.2. The van der Waals surface area contributed by atoms with E-state index in [1.807, 2.05) is 30.3 Å². The van der Waals surface area contributed by atoms with Gasteiger partial charge >= 0.3 is 5.97 Å². The molecule has 7 nitrogen and oxygen atoms in total. The minimum atomic E-state index is -1.09. The van der Waals surface area contributed by atoms with E-state index in [9.17, 15) is 4.79 Å². The zero-order valence-corrected chi connectivity index (χ0v) is 9.66. The normalized spacial score (nSPS) is 10.5. The highest BCUT2D eigenvalue weighted by atomic mass is 16.4. The Labute approximate surface area is 107 Å². The maximum absolute atomic E-state index is 11.0. The van der Waals surface area contributed by atoms with Gasteiger partial charge in [-0.2, -0.15) is 5.10 Å². The fourth-order valence-electron chi connectivity index (χ4n) is 1.72.